The lowest BCUT2D eigenvalue weighted by molar-refractivity contribution is -0.123. The quantitative estimate of drug-likeness (QED) is 0.260. The van der Waals surface area contributed by atoms with Crippen LogP contribution in [0.25, 0.3) is 22.4 Å². The van der Waals surface area contributed by atoms with E-state index in [0.717, 1.165) is 41.5 Å². The zero-order valence-corrected chi connectivity index (χ0v) is 28.0. The van der Waals surface area contributed by atoms with Crippen molar-refractivity contribution >= 4 is 27.7 Å². The van der Waals surface area contributed by atoms with Crippen LogP contribution in [-0.2, 0) is 25.1 Å². The first-order chi connectivity index (χ1) is 22.3. The summed E-state index contributed by atoms with van der Waals surface area (Å²) in [7, 11) is -3.30. The SMILES string of the molecule is CC(C)(C)OC(=O)NC1(c2ccc(-c3ncc(NC(=O)C(F)C4CCN(S(=O)(=O)C5CC5)CC4)cc3-c3ccccc3)cc2)CCC1. The molecule has 47 heavy (non-hydrogen) atoms. The summed E-state index contributed by atoms with van der Waals surface area (Å²) in [6, 6.07) is 19.4. The third-order valence-corrected chi connectivity index (χ3v) is 11.8. The number of piperidine rings is 1. The fraction of sp³-hybridized carbons (Fsp3) is 0.472. The van der Waals surface area contributed by atoms with Crippen molar-refractivity contribution in [3.63, 3.8) is 0 Å². The summed E-state index contributed by atoms with van der Waals surface area (Å²) in [5.74, 6) is -1.31. The molecule has 0 spiro atoms. The Morgan fingerprint density at radius 3 is 2.21 bits per heavy atom. The fourth-order valence-corrected chi connectivity index (χ4v) is 8.36. The first-order valence-electron chi connectivity index (χ1n) is 16.5. The molecule has 9 nitrogen and oxygen atoms in total. The third-order valence-electron chi connectivity index (χ3n) is 9.37. The molecule has 1 unspecified atom stereocenters. The predicted molar refractivity (Wildman–Crippen MR) is 180 cm³/mol. The number of carbonyl (C=O) groups is 2. The Bertz CT molecular complexity index is 1710. The van der Waals surface area contributed by atoms with Crippen molar-refractivity contribution in [3.8, 4) is 22.4 Å². The van der Waals surface area contributed by atoms with Gasteiger partial charge in [0.1, 0.15) is 5.60 Å². The van der Waals surface area contributed by atoms with E-state index in [4.69, 9.17) is 9.72 Å². The van der Waals surface area contributed by atoms with Crippen LogP contribution in [0.3, 0.4) is 0 Å². The highest BCUT2D eigenvalue weighted by Gasteiger charge is 2.43. The highest BCUT2D eigenvalue weighted by atomic mass is 32.2. The van der Waals surface area contributed by atoms with E-state index in [1.165, 1.54) is 10.5 Å². The minimum atomic E-state index is -3.30. The van der Waals surface area contributed by atoms with Crippen molar-refractivity contribution in [3.05, 3.63) is 72.4 Å². The second-order valence-electron chi connectivity index (χ2n) is 14.0. The monoisotopic (exact) mass is 662 g/mol. The molecular formula is C36H43FN4O5S. The molecule has 250 valence electrons. The van der Waals surface area contributed by atoms with Gasteiger partial charge in [-0.1, -0.05) is 54.6 Å². The van der Waals surface area contributed by atoms with Crippen LogP contribution in [-0.4, -0.2) is 59.8 Å². The van der Waals surface area contributed by atoms with Crippen LogP contribution in [0, 0.1) is 5.92 Å². The van der Waals surface area contributed by atoms with Gasteiger partial charge in [-0.05, 0) is 82.9 Å². The van der Waals surface area contributed by atoms with Crippen LogP contribution in [0.4, 0.5) is 14.9 Å². The van der Waals surface area contributed by atoms with Crippen LogP contribution in [0.1, 0.15) is 71.3 Å². The van der Waals surface area contributed by atoms with Gasteiger partial charge in [-0.3, -0.25) is 9.78 Å². The summed E-state index contributed by atoms with van der Waals surface area (Å²) in [5.41, 5.74) is 3.52. The third kappa shape index (κ3) is 7.36. The summed E-state index contributed by atoms with van der Waals surface area (Å²) in [5, 5.41) is 5.52. The summed E-state index contributed by atoms with van der Waals surface area (Å²) >= 11 is 0. The number of halogens is 1. The molecule has 2 N–H and O–H groups in total. The van der Waals surface area contributed by atoms with Crippen molar-refractivity contribution < 1.29 is 27.1 Å². The Morgan fingerprint density at radius 2 is 1.64 bits per heavy atom. The molecule has 1 aromatic heterocycles. The first kappa shape index (κ1) is 33.1. The van der Waals surface area contributed by atoms with Crippen molar-refractivity contribution in [2.75, 3.05) is 18.4 Å². The molecule has 1 atom stereocenters. The van der Waals surface area contributed by atoms with Crippen LogP contribution in [0.15, 0.2) is 66.9 Å². The molecule has 1 saturated heterocycles. The van der Waals surface area contributed by atoms with Gasteiger partial charge in [-0.15, -0.1) is 0 Å². The van der Waals surface area contributed by atoms with Crippen LogP contribution in [0.5, 0.6) is 0 Å². The maximum absolute atomic E-state index is 15.4. The molecule has 11 heteroatoms. The van der Waals surface area contributed by atoms with Gasteiger partial charge in [0.2, 0.25) is 10.0 Å². The summed E-state index contributed by atoms with van der Waals surface area (Å²) in [4.78, 5) is 30.4. The van der Waals surface area contributed by atoms with E-state index in [1.54, 1.807) is 6.07 Å². The average Bonchev–Trinajstić information content (AvgIpc) is 3.89. The molecule has 0 bridgehead atoms. The number of nitrogens with one attached hydrogen (secondary N) is 2. The van der Waals surface area contributed by atoms with Gasteiger partial charge in [-0.2, -0.15) is 0 Å². The number of aromatic nitrogens is 1. The average molecular weight is 663 g/mol. The number of benzene rings is 2. The number of alkyl halides is 1. The van der Waals surface area contributed by atoms with E-state index >= 15 is 4.39 Å². The first-order valence-corrected chi connectivity index (χ1v) is 18.0. The van der Waals surface area contributed by atoms with Crippen molar-refractivity contribution in [2.45, 2.75) is 88.3 Å². The standard InChI is InChI=1S/C36H43FN4O5S/c1-35(2,3)46-34(43)40-36(18-7-19-36)27-12-10-26(11-13-27)32-30(24-8-5-4-6-9-24)22-28(23-38-32)39-33(42)31(37)25-16-20-41(21-17-25)47(44,45)29-14-15-29/h4-6,8-13,22-23,25,29,31H,7,14-21H2,1-3H3,(H,39,42)(H,40,43). The van der Waals surface area contributed by atoms with Crippen LogP contribution >= 0.6 is 0 Å². The van der Waals surface area contributed by atoms with E-state index < -0.39 is 45.3 Å². The maximum atomic E-state index is 15.4. The van der Waals surface area contributed by atoms with Crippen molar-refractivity contribution in [2.24, 2.45) is 5.92 Å². The van der Waals surface area contributed by atoms with E-state index in [2.05, 4.69) is 10.6 Å². The number of hydrogen-bond acceptors (Lipinski definition) is 6. The molecule has 3 aromatic rings. The van der Waals surface area contributed by atoms with E-state index in [1.807, 2.05) is 75.4 Å². The number of alkyl carbamates (subject to hydrolysis) is 1. The Balaban J connectivity index is 1.18. The van der Waals surface area contributed by atoms with Gasteiger partial charge in [0.25, 0.3) is 5.91 Å². The lowest BCUT2D eigenvalue weighted by atomic mass is 9.71. The Hall–Kier alpha value is -3.83. The number of ether oxygens (including phenoxy) is 1. The number of sulfonamides is 1. The minimum Gasteiger partial charge on any atom is -0.444 e. The van der Waals surface area contributed by atoms with Crippen LogP contribution < -0.4 is 10.6 Å². The summed E-state index contributed by atoms with van der Waals surface area (Å²) < 4.78 is 47.5. The largest absolute Gasteiger partial charge is 0.444 e. The lowest BCUT2D eigenvalue weighted by Crippen LogP contribution is -2.52. The minimum absolute atomic E-state index is 0.239. The number of carbonyl (C=O) groups excluding carboxylic acids is 2. The topological polar surface area (TPSA) is 118 Å². The molecule has 0 radical (unpaired) electrons. The van der Waals surface area contributed by atoms with Crippen LogP contribution in [0.2, 0.25) is 0 Å². The molecule has 2 saturated carbocycles. The van der Waals surface area contributed by atoms with E-state index in [0.29, 0.717) is 37.1 Å². The van der Waals surface area contributed by atoms with Crippen molar-refractivity contribution in [1.29, 1.82) is 0 Å². The molecule has 2 aliphatic carbocycles. The van der Waals surface area contributed by atoms with Gasteiger partial charge in [0, 0.05) is 30.1 Å². The number of rotatable bonds is 9. The second-order valence-corrected chi connectivity index (χ2v) is 16.2. The molecule has 3 fully saturated rings. The molecule has 6 rings (SSSR count). The molecule has 3 aliphatic rings. The van der Waals surface area contributed by atoms with Gasteiger partial charge in [0.05, 0.1) is 28.4 Å². The number of nitrogens with zero attached hydrogens (tertiary/aromatic N) is 2. The molecule has 2 aromatic carbocycles. The highest BCUT2D eigenvalue weighted by Crippen LogP contribution is 2.43. The van der Waals surface area contributed by atoms with Gasteiger partial charge >= 0.3 is 6.09 Å². The second kappa shape index (κ2) is 13.0. The predicted octanol–water partition coefficient (Wildman–Crippen LogP) is 6.80. The fourth-order valence-electron chi connectivity index (χ4n) is 6.49. The van der Waals surface area contributed by atoms with Crippen molar-refractivity contribution in [1.82, 2.24) is 14.6 Å². The molecule has 2 amide bonds. The van der Waals surface area contributed by atoms with Gasteiger partial charge < -0.3 is 15.4 Å². The zero-order chi connectivity index (χ0) is 33.4. The van der Waals surface area contributed by atoms with E-state index in [-0.39, 0.29) is 18.3 Å². The zero-order valence-electron chi connectivity index (χ0n) is 27.2. The van der Waals surface area contributed by atoms with Gasteiger partial charge in [0.15, 0.2) is 6.17 Å². The summed E-state index contributed by atoms with van der Waals surface area (Å²) in [6.07, 6.45) is 3.96. The number of hydrogen-bond donors (Lipinski definition) is 2. The normalized spacial score (nSPS) is 19.3. The van der Waals surface area contributed by atoms with Gasteiger partial charge in [-0.25, -0.2) is 21.9 Å². The van der Waals surface area contributed by atoms with E-state index in [9.17, 15) is 18.0 Å². The lowest BCUT2D eigenvalue weighted by Gasteiger charge is -2.43. The maximum Gasteiger partial charge on any atom is 0.408 e. The number of amides is 2. The number of anilines is 1. The summed E-state index contributed by atoms with van der Waals surface area (Å²) in [6.45, 7) is 6.00. The Morgan fingerprint density at radius 1 is 0.979 bits per heavy atom. The molecule has 1 aliphatic heterocycles. The molecular weight excluding hydrogens is 619 g/mol. The smallest absolute Gasteiger partial charge is 0.408 e. The Labute approximate surface area is 276 Å². The molecule has 2 heterocycles. The Kier molecular flexibility index (Phi) is 9.15. The highest BCUT2D eigenvalue weighted by molar-refractivity contribution is 7.90. The number of pyridine rings is 1.